The van der Waals surface area contributed by atoms with Crippen molar-refractivity contribution in [2.45, 2.75) is 19.5 Å². The molecule has 0 spiro atoms. The van der Waals surface area contributed by atoms with Crippen molar-refractivity contribution in [3.05, 3.63) is 89.9 Å². The second-order valence-electron chi connectivity index (χ2n) is 7.02. The van der Waals surface area contributed by atoms with Gasteiger partial charge in [0.15, 0.2) is 11.6 Å². The first kappa shape index (κ1) is 22.2. The van der Waals surface area contributed by atoms with Crippen molar-refractivity contribution in [3.63, 3.8) is 0 Å². The lowest BCUT2D eigenvalue weighted by molar-refractivity contribution is -0.134. The van der Waals surface area contributed by atoms with Crippen LogP contribution < -0.4 is 10.6 Å². The standard InChI is InChI=1S/C23H23F2N3O3/c1-16(17-9-10-20(24)21(25)12-17)26-13-23(30)28(14-19-8-5-11-31-19)15-22(29)27-18-6-3-2-4-7-18/h2-12,16,26H,13-15H2,1H3,(H,27,29). The summed E-state index contributed by atoms with van der Waals surface area (Å²) in [5.41, 5.74) is 1.13. The van der Waals surface area contributed by atoms with Crippen LogP contribution in [0.25, 0.3) is 0 Å². The van der Waals surface area contributed by atoms with Crippen LogP contribution in [0.15, 0.2) is 71.3 Å². The molecule has 0 saturated heterocycles. The quantitative estimate of drug-likeness (QED) is 0.544. The number of halogens is 2. The number of furan rings is 1. The number of hydrogen-bond donors (Lipinski definition) is 2. The molecule has 1 aromatic heterocycles. The fourth-order valence-corrected chi connectivity index (χ4v) is 2.97. The summed E-state index contributed by atoms with van der Waals surface area (Å²) in [7, 11) is 0. The van der Waals surface area contributed by atoms with Gasteiger partial charge in [0.05, 0.1) is 19.4 Å². The van der Waals surface area contributed by atoms with E-state index in [9.17, 15) is 18.4 Å². The van der Waals surface area contributed by atoms with Crippen molar-refractivity contribution in [1.29, 1.82) is 0 Å². The Bertz CT molecular complexity index is 1010. The van der Waals surface area contributed by atoms with E-state index in [1.54, 1.807) is 43.3 Å². The van der Waals surface area contributed by atoms with Crippen LogP contribution in [0.3, 0.4) is 0 Å². The van der Waals surface area contributed by atoms with Crippen LogP contribution in [0.2, 0.25) is 0 Å². The Morgan fingerprint density at radius 1 is 1.03 bits per heavy atom. The first-order chi connectivity index (χ1) is 14.9. The Morgan fingerprint density at radius 3 is 2.48 bits per heavy atom. The van der Waals surface area contributed by atoms with Crippen LogP contribution in [-0.4, -0.2) is 29.8 Å². The minimum atomic E-state index is -0.950. The van der Waals surface area contributed by atoms with E-state index in [-0.39, 0.29) is 31.4 Å². The zero-order valence-electron chi connectivity index (χ0n) is 17.0. The van der Waals surface area contributed by atoms with E-state index in [2.05, 4.69) is 10.6 Å². The van der Waals surface area contributed by atoms with Gasteiger partial charge in [-0.2, -0.15) is 0 Å². The summed E-state index contributed by atoms with van der Waals surface area (Å²) < 4.78 is 31.9. The van der Waals surface area contributed by atoms with Gasteiger partial charge in [-0.3, -0.25) is 9.59 Å². The average molecular weight is 427 g/mol. The van der Waals surface area contributed by atoms with Crippen molar-refractivity contribution < 1.29 is 22.8 Å². The molecule has 0 aliphatic carbocycles. The zero-order valence-corrected chi connectivity index (χ0v) is 17.0. The molecule has 0 aliphatic rings. The van der Waals surface area contributed by atoms with Crippen molar-refractivity contribution in [2.75, 3.05) is 18.4 Å². The van der Waals surface area contributed by atoms with Crippen molar-refractivity contribution in [2.24, 2.45) is 0 Å². The first-order valence-corrected chi connectivity index (χ1v) is 9.76. The smallest absolute Gasteiger partial charge is 0.244 e. The summed E-state index contributed by atoms with van der Waals surface area (Å²) >= 11 is 0. The lowest BCUT2D eigenvalue weighted by Crippen LogP contribution is -2.42. The van der Waals surface area contributed by atoms with Gasteiger partial charge in [-0.15, -0.1) is 0 Å². The number of nitrogens with one attached hydrogen (secondary N) is 2. The fourth-order valence-electron chi connectivity index (χ4n) is 2.97. The molecular formula is C23H23F2N3O3. The molecule has 3 rings (SSSR count). The highest BCUT2D eigenvalue weighted by molar-refractivity contribution is 5.94. The first-order valence-electron chi connectivity index (χ1n) is 9.76. The third kappa shape index (κ3) is 6.48. The van der Waals surface area contributed by atoms with E-state index in [1.165, 1.54) is 17.2 Å². The molecule has 8 heteroatoms. The molecule has 3 aromatic rings. The lowest BCUT2D eigenvalue weighted by Gasteiger charge is -2.23. The van der Waals surface area contributed by atoms with Crippen LogP contribution in [0.4, 0.5) is 14.5 Å². The third-order valence-electron chi connectivity index (χ3n) is 4.67. The monoisotopic (exact) mass is 427 g/mol. The lowest BCUT2D eigenvalue weighted by atomic mass is 10.1. The van der Waals surface area contributed by atoms with Crippen LogP contribution >= 0.6 is 0 Å². The second-order valence-corrected chi connectivity index (χ2v) is 7.02. The summed E-state index contributed by atoms with van der Waals surface area (Å²) in [4.78, 5) is 26.6. The third-order valence-corrected chi connectivity index (χ3v) is 4.67. The van der Waals surface area contributed by atoms with Gasteiger partial charge in [-0.1, -0.05) is 24.3 Å². The van der Waals surface area contributed by atoms with Crippen molar-refractivity contribution in [3.8, 4) is 0 Å². The Labute approximate surface area is 178 Å². The van der Waals surface area contributed by atoms with Gasteiger partial charge in [-0.25, -0.2) is 8.78 Å². The van der Waals surface area contributed by atoms with Crippen LogP contribution in [-0.2, 0) is 16.1 Å². The molecule has 2 amide bonds. The highest BCUT2D eigenvalue weighted by Gasteiger charge is 2.20. The Morgan fingerprint density at radius 2 is 1.81 bits per heavy atom. The van der Waals surface area contributed by atoms with Gasteiger partial charge in [-0.05, 0) is 48.9 Å². The topological polar surface area (TPSA) is 74.6 Å². The summed E-state index contributed by atoms with van der Waals surface area (Å²) in [6.45, 7) is 1.59. The van der Waals surface area contributed by atoms with Gasteiger partial charge in [0.1, 0.15) is 12.3 Å². The number of para-hydroxylation sites is 1. The summed E-state index contributed by atoms with van der Waals surface area (Å²) in [6, 6.07) is 15.5. The van der Waals surface area contributed by atoms with Gasteiger partial charge in [0.2, 0.25) is 11.8 Å². The van der Waals surface area contributed by atoms with E-state index in [0.29, 0.717) is 17.0 Å². The Hall–Kier alpha value is -3.52. The number of anilines is 1. The molecule has 0 bridgehead atoms. The number of benzene rings is 2. The molecule has 2 aromatic carbocycles. The van der Waals surface area contributed by atoms with Crippen molar-refractivity contribution >= 4 is 17.5 Å². The predicted octanol–water partition coefficient (Wildman–Crippen LogP) is 3.88. The molecule has 6 nitrogen and oxygen atoms in total. The second kappa shape index (κ2) is 10.5. The number of carbonyl (C=O) groups excluding carboxylic acids is 2. The Kier molecular flexibility index (Phi) is 7.50. The van der Waals surface area contributed by atoms with E-state index in [1.807, 2.05) is 6.07 Å². The predicted molar refractivity (Wildman–Crippen MR) is 112 cm³/mol. The van der Waals surface area contributed by atoms with E-state index in [4.69, 9.17) is 4.42 Å². The average Bonchev–Trinajstić information content (AvgIpc) is 3.27. The van der Waals surface area contributed by atoms with Crippen molar-refractivity contribution in [1.82, 2.24) is 10.2 Å². The highest BCUT2D eigenvalue weighted by Crippen LogP contribution is 2.16. The molecule has 162 valence electrons. The van der Waals surface area contributed by atoms with Gasteiger partial charge in [0, 0.05) is 11.7 Å². The highest BCUT2D eigenvalue weighted by atomic mass is 19.2. The Balaban J connectivity index is 1.62. The molecule has 31 heavy (non-hydrogen) atoms. The molecular weight excluding hydrogens is 404 g/mol. The number of carbonyl (C=O) groups is 2. The maximum Gasteiger partial charge on any atom is 0.244 e. The van der Waals surface area contributed by atoms with Crippen LogP contribution in [0, 0.1) is 11.6 Å². The van der Waals surface area contributed by atoms with Gasteiger partial charge < -0.3 is 20.0 Å². The molecule has 2 N–H and O–H groups in total. The SMILES string of the molecule is CC(NCC(=O)N(CC(=O)Nc1ccccc1)Cc1ccco1)c1ccc(F)c(F)c1. The maximum atomic E-state index is 13.5. The van der Waals surface area contributed by atoms with E-state index in [0.717, 1.165) is 12.1 Å². The van der Waals surface area contributed by atoms with E-state index < -0.39 is 17.7 Å². The molecule has 0 radical (unpaired) electrons. The maximum absolute atomic E-state index is 13.5. The van der Waals surface area contributed by atoms with E-state index >= 15 is 0 Å². The molecule has 0 aliphatic heterocycles. The van der Waals surface area contributed by atoms with Gasteiger partial charge in [0.25, 0.3) is 0 Å². The number of amides is 2. The summed E-state index contributed by atoms with van der Waals surface area (Å²) in [6.07, 6.45) is 1.49. The number of rotatable bonds is 9. The largest absolute Gasteiger partial charge is 0.467 e. The number of nitrogens with zero attached hydrogens (tertiary/aromatic N) is 1. The fraction of sp³-hybridized carbons (Fsp3) is 0.217. The molecule has 1 heterocycles. The molecule has 0 saturated carbocycles. The summed E-state index contributed by atoms with van der Waals surface area (Å²) in [5.74, 6) is -2.03. The van der Waals surface area contributed by atoms with Crippen LogP contribution in [0.1, 0.15) is 24.3 Å². The number of hydrogen-bond acceptors (Lipinski definition) is 4. The van der Waals surface area contributed by atoms with Gasteiger partial charge >= 0.3 is 0 Å². The molecule has 1 unspecified atom stereocenters. The molecule has 0 fully saturated rings. The van der Waals surface area contributed by atoms with Crippen LogP contribution in [0.5, 0.6) is 0 Å². The normalized spacial score (nSPS) is 11.7. The zero-order chi connectivity index (χ0) is 22.2. The minimum Gasteiger partial charge on any atom is -0.467 e. The minimum absolute atomic E-state index is 0.0977. The molecule has 1 atom stereocenters. The summed E-state index contributed by atoms with van der Waals surface area (Å²) in [5, 5.41) is 5.73.